The molecule has 0 bridgehead atoms. The lowest BCUT2D eigenvalue weighted by Gasteiger charge is -2.21. The number of amides is 2. The third-order valence-corrected chi connectivity index (χ3v) is 3.55. The Morgan fingerprint density at radius 2 is 1.92 bits per heavy atom. The first-order valence-electron chi connectivity index (χ1n) is 7.18. The minimum absolute atomic E-state index is 0.192. The van der Waals surface area contributed by atoms with Crippen molar-refractivity contribution in [1.82, 2.24) is 0 Å². The molecule has 0 unspecified atom stereocenters. The molecule has 0 spiro atoms. The molecule has 0 saturated heterocycles. The van der Waals surface area contributed by atoms with Gasteiger partial charge in [-0.1, -0.05) is 11.6 Å². The van der Waals surface area contributed by atoms with Gasteiger partial charge in [-0.15, -0.1) is 0 Å². The lowest BCUT2D eigenvalue weighted by Crippen LogP contribution is -2.37. The number of ether oxygens (including phenoxy) is 1. The zero-order valence-corrected chi connectivity index (χ0v) is 14.2. The molecule has 25 heavy (non-hydrogen) atoms. The van der Waals surface area contributed by atoms with Gasteiger partial charge in [-0.3, -0.25) is 9.59 Å². The third kappa shape index (κ3) is 4.67. The second-order valence-corrected chi connectivity index (χ2v) is 5.53. The first-order chi connectivity index (χ1) is 11.8. The van der Waals surface area contributed by atoms with Crippen LogP contribution in [0.25, 0.3) is 0 Å². The zero-order valence-electron chi connectivity index (χ0n) is 13.5. The normalized spacial score (nSPS) is 10.3. The summed E-state index contributed by atoms with van der Waals surface area (Å²) >= 11 is 5.89. The Labute approximate surface area is 148 Å². The van der Waals surface area contributed by atoms with E-state index in [0.717, 1.165) is 17.0 Å². The molecular formula is C17H15ClF2N2O3. The van der Waals surface area contributed by atoms with Gasteiger partial charge < -0.3 is 15.0 Å². The molecule has 8 heteroatoms. The molecule has 0 aliphatic carbocycles. The number of anilines is 2. The van der Waals surface area contributed by atoms with Gasteiger partial charge in [-0.25, -0.2) is 8.78 Å². The van der Waals surface area contributed by atoms with Crippen LogP contribution in [0.5, 0.6) is 5.75 Å². The van der Waals surface area contributed by atoms with E-state index in [-0.39, 0.29) is 5.69 Å². The van der Waals surface area contributed by atoms with Gasteiger partial charge in [0.25, 0.3) is 0 Å². The standard InChI is InChI=1S/C17H15ClF2N2O3/c1-10(23)22(15-5-4-12(19)8-13(15)20)9-17(24)21-14-7-11(18)3-6-16(14)25-2/h3-8H,9H2,1-2H3,(H,21,24). The van der Waals surface area contributed by atoms with Crippen LogP contribution in [-0.4, -0.2) is 25.5 Å². The molecule has 0 heterocycles. The van der Waals surface area contributed by atoms with Crippen molar-refractivity contribution in [2.24, 2.45) is 0 Å². The number of methoxy groups -OCH3 is 1. The van der Waals surface area contributed by atoms with Crippen LogP contribution in [-0.2, 0) is 9.59 Å². The summed E-state index contributed by atoms with van der Waals surface area (Å²) in [5.74, 6) is -2.51. The molecule has 0 saturated carbocycles. The lowest BCUT2D eigenvalue weighted by atomic mass is 10.2. The van der Waals surface area contributed by atoms with Gasteiger partial charge in [0.05, 0.1) is 18.5 Å². The van der Waals surface area contributed by atoms with E-state index in [9.17, 15) is 18.4 Å². The average molecular weight is 369 g/mol. The highest BCUT2D eigenvalue weighted by Gasteiger charge is 2.20. The number of hydrogen-bond acceptors (Lipinski definition) is 3. The van der Waals surface area contributed by atoms with Crippen molar-refractivity contribution in [3.8, 4) is 5.75 Å². The lowest BCUT2D eigenvalue weighted by molar-refractivity contribution is -0.120. The average Bonchev–Trinajstić information content (AvgIpc) is 2.53. The first-order valence-corrected chi connectivity index (χ1v) is 7.56. The number of nitrogens with one attached hydrogen (secondary N) is 1. The zero-order chi connectivity index (χ0) is 18.6. The van der Waals surface area contributed by atoms with Gasteiger partial charge in [0.1, 0.15) is 23.9 Å². The van der Waals surface area contributed by atoms with Gasteiger partial charge in [-0.2, -0.15) is 0 Å². The van der Waals surface area contributed by atoms with Crippen LogP contribution >= 0.6 is 11.6 Å². The molecule has 0 fully saturated rings. The van der Waals surface area contributed by atoms with E-state index in [4.69, 9.17) is 16.3 Å². The fourth-order valence-corrected chi connectivity index (χ4v) is 2.35. The summed E-state index contributed by atoms with van der Waals surface area (Å²) in [6.45, 7) is 0.712. The van der Waals surface area contributed by atoms with Crippen molar-refractivity contribution in [3.05, 3.63) is 53.1 Å². The molecule has 2 amide bonds. The molecule has 0 aliphatic heterocycles. The van der Waals surface area contributed by atoms with Crippen molar-refractivity contribution in [2.75, 3.05) is 23.9 Å². The number of rotatable bonds is 5. The summed E-state index contributed by atoms with van der Waals surface area (Å²) in [6, 6.07) is 7.38. The maximum absolute atomic E-state index is 13.9. The Morgan fingerprint density at radius 3 is 2.52 bits per heavy atom. The largest absolute Gasteiger partial charge is 0.495 e. The summed E-state index contributed by atoms with van der Waals surface area (Å²) < 4.78 is 32.1. The SMILES string of the molecule is COc1ccc(Cl)cc1NC(=O)CN(C(C)=O)c1ccc(F)cc1F. The minimum Gasteiger partial charge on any atom is -0.495 e. The highest BCUT2D eigenvalue weighted by atomic mass is 35.5. The summed E-state index contributed by atoms with van der Waals surface area (Å²) in [6.07, 6.45) is 0. The molecule has 0 atom stereocenters. The fraction of sp³-hybridized carbons (Fsp3) is 0.176. The minimum atomic E-state index is -0.941. The Morgan fingerprint density at radius 1 is 1.20 bits per heavy atom. The molecule has 0 aliphatic rings. The smallest absolute Gasteiger partial charge is 0.244 e. The van der Waals surface area contributed by atoms with Crippen LogP contribution in [0, 0.1) is 11.6 Å². The second kappa shape index (κ2) is 7.94. The van der Waals surface area contributed by atoms with Crippen molar-refractivity contribution in [1.29, 1.82) is 0 Å². The van der Waals surface area contributed by atoms with Gasteiger partial charge >= 0.3 is 0 Å². The number of halogens is 3. The molecule has 2 aromatic carbocycles. The van der Waals surface area contributed by atoms with E-state index in [1.165, 1.54) is 20.1 Å². The van der Waals surface area contributed by atoms with Crippen molar-refractivity contribution >= 4 is 34.8 Å². The quantitative estimate of drug-likeness (QED) is 0.877. The number of nitrogens with zero attached hydrogens (tertiary/aromatic N) is 1. The fourth-order valence-electron chi connectivity index (χ4n) is 2.18. The van der Waals surface area contributed by atoms with E-state index < -0.39 is 30.0 Å². The predicted octanol–water partition coefficient (Wildman–Crippen LogP) is 3.62. The highest BCUT2D eigenvalue weighted by Crippen LogP contribution is 2.28. The van der Waals surface area contributed by atoms with Crippen LogP contribution in [0.1, 0.15) is 6.92 Å². The predicted molar refractivity (Wildman–Crippen MR) is 91.0 cm³/mol. The van der Waals surface area contributed by atoms with Crippen molar-refractivity contribution in [3.63, 3.8) is 0 Å². The van der Waals surface area contributed by atoms with E-state index in [0.29, 0.717) is 22.5 Å². The van der Waals surface area contributed by atoms with E-state index in [1.54, 1.807) is 12.1 Å². The molecular weight excluding hydrogens is 354 g/mol. The Hall–Kier alpha value is -2.67. The highest BCUT2D eigenvalue weighted by molar-refractivity contribution is 6.31. The summed E-state index contributed by atoms with van der Waals surface area (Å²) in [4.78, 5) is 24.9. The number of benzene rings is 2. The topological polar surface area (TPSA) is 58.6 Å². The number of carbonyl (C=O) groups is 2. The maximum atomic E-state index is 13.9. The van der Waals surface area contributed by atoms with Crippen molar-refractivity contribution < 1.29 is 23.1 Å². The summed E-state index contributed by atoms with van der Waals surface area (Å²) in [5.41, 5.74) is 0.116. The molecule has 132 valence electrons. The second-order valence-electron chi connectivity index (χ2n) is 5.09. The van der Waals surface area contributed by atoms with Gasteiger partial charge in [0.15, 0.2) is 0 Å². The third-order valence-electron chi connectivity index (χ3n) is 3.32. The molecule has 0 aromatic heterocycles. The Balaban J connectivity index is 2.21. The van der Waals surface area contributed by atoms with Gasteiger partial charge in [0, 0.05) is 18.0 Å². The monoisotopic (exact) mass is 368 g/mol. The van der Waals surface area contributed by atoms with Gasteiger partial charge in [-0.05, 0) is 30.3 Å². The van der Waals surface area contributed by atoms with E-state index >= 15 is 0 Å². The van der Waals surface area contributed by atoms with E-state index in [2.05, 4.69) is 5.32 Å². The maximum Gasteiger partial charge on any atom is 0.244 e. The van der Waals surface area contributed by atoms with Crippen molar-refractivity contribution in [2.45, 2.75) is 6.92 Å². The van der Waals surface area contributed by atoms with Crippen LogP contribution in [0.15, 0.2) is 36.4 Å². The number of hydrogen-bond donors (Lipinski definition) is 1. The molecule has 2 aromatic rings. The number of carbonyl (C=O) groups excluding carboxylic acids is 2. The van der Waals surface area contributed by atoms with E-state index in [1.807, 2.05) is 0 Å². The molecule has 5 nitrogen and oxygen atoms in total. The molecule has 1 N–H and O–H groups in total. The molecule has 2 rings (SSSR count). The Kier molecular flexibility index (Phi) is 5.93. The van der Waals surface area contributed by atoms with Gasteiger partial charge in [0.2, 0.25) is 11.8 Å². The van der Waals surface area contributed by atoms with Crippen LogP contribution in [0.2, 0.25) is 5.02 Å². The summed E-state index contributed by atoms with van der Waals surface area (Å²) in [5, 5.41) is 2.93. The summed E-state index contributed by atoms with van der Waals surface area (Å²) in [7, 11) is 1.43. The molecule has 0 radical (unpaired) electrons. The van der Waals surface area contributed by atoms with Crippen LogP contribution < -0.4 is 15.0 Å². The first kappa shape index (κ1) is 18.7. The Bertz CT molecular complexity index is 814. The van der Waals surface area contributed by atoms with Crippen LogP contribution in [0.3, 0.4) is 0 Å². The van der Waals surface area contributed by atoms with Crippen LogP contribution in [0.4, 0.5) is 20.2 Å².